The van der Waals surface area contributed by atoms with Gasteiger partial charge in [-0.3, -0.25) is 0 Å². The molecule has 3 rings (SSSR count). The Hall–Kier alpha value is -1.66. The molecule has 0 saturated heterocycles. The van der Waals surface area contributed by atoms with Gasteiger partial charge in [0.2, 0.25) is 0 Å². The highest BCUT2D eigenvalue weighted by Gasteiger charge is 2.27. The molecule has 0 atom stereocenters. The van der Waals surface area contributed by atoms with Gasteiger partial charge in [-0.2, -0.15) is 11.8 Å². The molecular weight excluding hydrogens is 362 g/mol. The molecule has 0 aliphatic heterocycles. The zero-order valence-corrected chi connectivity index (χ0v) is 17.2. The Labute approximate surface area is 165 Å². The third-order valence-electron chi connectivity index (χ3n) is 4.97. The van der Waals surface area contributed by atoms with Crippen molar-refractivity contribution < 1.29 is 19.1 Å². The van der Waals surface area contributed by atoms with Crippen LogP contribution in [0.1, 0.15) is 60.7 Å². The van der Waals surface area contributed by atoms with Crippen LogP contribution >= 0.6 is 11.8 Å². The largest absolute Gasteiger partial charge is 0.508 e. The molecule has 0 amide bonds. The second kappa shape index (κ2) is 9.02. The van der Waals surface area contributed by atoms with E-state index >= 15 is 0 Å². The van der Waals surface area contributed by atoms with Crippen molar-refractivity contribution in [1.82, 2.24) is 4.90 Å². The van der Waals surface area contributed by atoms with E-state index in [-0.39, 0.29) is 11.7 Å². The summed E-state index contributed by atoms with van der Waals surface area (Å²) in [6, 6.07) is 3.37. The Balaban J connectivity index is 2.00. The number of phenols is 1. The van der Waals surface area contributed by atoms with E-state index in [1.165, 1.54) is 32.1 Å². The third kappa shape index (κ3) is 4.61. The van der Waals surface area contributed by atoms with Gasteiger partial charge in [-0.05, 0) is 46.0 Å². The van der Waals surface area contributed by atoms with E-state index < -0.39 is 0 Å². The topological polar surface area (TPSA) is 62.9 Å². The minimum absolute atomic E-state index is 0.175. The molecule has 1 N–H and O–H groups in total. The summed E-state index contributed by atoms with van der Waals surface area (Å²) in [5.74, 6) is 1.11. The second-order valence-electron chi connectivity index (χ2n) is 7.37. The zero-order chi connectivity index (χ0) is 19.4. The van der Waals surface area contributed by atoms with Gasteiger partial charge in [0.1, 0.15) is 22.7 Å². The minimum Gasteiger partial charge on any atom is -0.508 e. The number of thioether (sulfide) groups is 1. The van der Waals surface area contributed by atoms with Gasteiger partial charge in [-0.1, -0.05) is 19.3 Å². The van der Waals surface area contributed by atoms with Crippen molar-refractivity contribution in [3.05, 3.63) is 29.0 Å². The summed E-state index contributed by atoms with van der Waals surface area (Å²) in [5, 5.41) is 11.7. The summed E-state index contributed by atoms with van der Waals surface area (Å²) in [7, 11) is 3.87. The smallest absolute Gasteiger partial charge is 0.342 e. The van der Waals surface area contributed by atoms with Crippen molar-refractivity contribution >= 4 is 28.7 Å². The van der Waals surface area contributed by atoms with Crippen LogP contribution in [0.15, 0.2) is 16.5 Å². The summed E-state index contributed by atoms with van der Waals surface area (Å²) in [6.45, 7) is 2.63. The molecule has 1 aliphatic rings. The molecule has 1 heterocycles. The molecule has 5 nitrogen and oxygen atoms in total. The Morgan fingerprint density at radius 2 is 2.04 bits per heavy atom. The number of hydrogen-bond donors (Lipinski definition) is 1. The number of furan rings is 1. The lowest BCUT2D eigenvalue weighted by atomic mass is 10.0. The fourth-order valence-electron chi connectivity index (χ4n) is 3.72. The number of hydrogen-bond acceptors (Lipinski definition) is 6. The highest BCUT2D eigenvalue weighted by Crippen LogP contribution is 2.38. The second-order valence-corrected chi connectivity index (χ2v) is 8.65. The van der Waals surface area contributed by atoms with Gasteiger partial charge < -0.3 is 19.2 Å². The maximum atomic E-state index is 12.8. The van der Waals surface area contributed by atoms with Crippen molar-refractivity contribution in [3.63, 3.8) is 0 Å². The molecule has 27 heavy (non-hydrogen) atoms. The number of carbonyl (C=O) groups excluding carboxylic acids is 1. The lowest BCUT2D eigenvalue weighted by Crippen LogP contribution is -2.13. The van der Waals surface area contributed by atoms with Gasteiger partial charge in [0.25, 0.3) is 0 Å². The fourth-order valence-corrected chi connectivity index (χ4v) is 4.98. The first kappa shape index (κ1) is 20.1. The van der Waals surface area contributed by atoms with Gasteiger partial charge in [-0.15, -0.1) is 0 Å². The summed E-state index contributed by atoms with van der Waals surface area (Å²) in [5.41, 5.74) is 1.81. The van der Waals surface area contributed by atoms with Crippen LogP contribution in [0.4, 0.5) is 0 Å². The van der Waals surface area contributed by atoms with E-state index in [1.54, 1.807) is 19.1 Å². The first-order chi connectivity index (χ1) is 13.0. The number of nitrogens with zero attached hydrogens (tertiary/aromatic N) is 1. The number of phenolic OH excluding ortho intramolecular Hbond substituents is 1. The van der Waals surface area contributed by atoms with Crippen molar-refractivity contribution in [2.75, 3.05) is 20.7 Å². The highest BCUT2D eigenvalue weighted by atomic mass is 32.2. The van der Waals surface area contributed by atoms with Crippen molar-refractivity contribution in [2.24, 2.45) is 0 Å². The van der Waals surface area contributed by atoms with E-state index in [0.717, 1.165) is 0 Å². The molecule has 0 bridgehead atoms. The lowest BCUT2D eigenvalue weighted by molar-refractivity contribution is 0.0526. The number of esters is 1. The van der Waals surface area contributed by atoms with E-state index in [1.807, 2.05) is 30.8 Å². The van der Waals surface area contributed by atoms with Crippen LogP contribution in [0.25, 0.3) is 11.0 Å². The number of ether oxygens (including phenoxy) is 1. The van der Waals surface area contributed by atoms with Crippen LogP contribution in [0, 0.1) is 0 Å². The number of rotatable bonds is 7. The molecule has 0 spiro atoms. The molecule has 148 valence electrons. The summed E-state index contributed by atoms with van der Waals surface area (Å²) >= 11 is 1.86. The van der Waals surface area contributed by atoms with E-state index in [9.17, 15) is 9.90 Å². The van der Waals surface area contributed by atoms with E-state index in [4.69, 9.17) is 9.15 Å². The van der Waals surface area contributed by atoms with Crippen LogP contribution in [0.5, 0.6) is 5.75 Å². The lowest BCUT2D eigenvalue weighted by Gasteiger charge is -2.20. The van der Waals surface area contributed by atoms with Gasteiger partial charge in [0, 0.05) is 22.7 Å². The number of fused-ring (bicyclic) bond motifs is 1. The molecule has 1 fully saturated rings. The maximum Gasteiger partial charge on any atom is 0.342 e. The third-order valence-corrected chi connectivity index (χ3v) is 6.34. The van der Waals surface area contributed by atoms with Crippen molar-refractivity contribution in [1.29, 1.82) is 0 Å². The van der Waals surface area contributed by atoms with Crippen LogP contribution in [0.3, 0.4) is 0 Å². The average Bonchev–Trinajstić information content (AvgIpc) is 3.02. The number of carbonyl (C=O) groups is 1. The van der Waals surface area contributed by atoms with Gasteiger partial charge in [0.05, 0.1) is 12.4 Å². The standard InChI is InChI=1S/C21H29NO4S/c1-4-25-21(24)20-18(13-27-14-8-6-5-7-9-14)26-17-11-10-16(23)15(19(17)20)12-22(2)3/h10-11,14,23H,4-9,12-13H2,1-3H3. The SMILES string of the molecule is CCOC(=O)c1c(CSC2CCCCC2)oc2ccc(O)c(CN(C)C)c12. The van der Waals surface area contributed by atoms with Crippen molar-refractivity contribution in [2.45, 2.75) is 56.6 Å². The summed E-state index contributed by atoms with van der Waals surface area (Å²) in [6.07, 6.45) is 6.34. The first-order valence-corrected chi connectivity index (χ1v) is 10.8. The van der Waals surface area contributed by atoms with Crippen LogP contribution in [0.2, 0.25) is 0 Å². The molecule has 1 aliphatic carbocycles. The number of aromatic hydroxyl groups is 1. The van der Waals surface area contributed by atoms with Gasteiger partial charge >= 0.3 is 5.97 Å². The normalized spacial score (nSPS) is 15.6. The molecule has 6 heteroatoms. The highest BCUT2D eigenvalue weighted by molar-refractivity contribution is 7.99. The Morgan fingerprint density at radius 1 is 1.30 bits per heavy atom. The monoisotopic (exact) mass is 391 g/mol. The first-order valence-electron chi connectivity index (χ1n) is 9.71. The number of benzene rings is 1. The summed E-state index contributed by atoms with van der Waals surface area (Å²) < 4.78 is 11.4. The van der Waals surface area contributed by atoms with E-state index in [2.05, 4.69) is 0 Å². The molecule has 2 aromatic rings. The Kier molecular flexibility index (Phi) is 6.71. The van der Waals surface area contributed by atoms with Gasteiger partial charge in [0.15, 0.2) is 0 Å². The molecule has 0 unspecified atom stereocenters. The predicted molar refractivity (Wildman–Crippen MR) is 109 cm³/mol. The predicted octanol–water partition coefficient (Wildman–Crippen LogP) is 4.94. The Bertz CT molecular complexity index is 793. The molecule has 0 radical (unpaired) electrons. The molecular formula is C21H29NO4S. The minimum atomic E-state index is -0.374. The van der Waals surface area contributed by atoms with Crippen LogP contribution in [-0.2, 0) is 17.0 Å². The fraction of sp³-hybridized carbons (Fsp3) is 0.571. The van der Waals surface area contributed by atoms with Crippen molar-refractivity contribution in [3.8, 4) is 5.75 Å². The molecule has 1 aromatic heterocycles. The molecule has 1 saturated carbocycles. The zero-order valence-electron chi connectivity index (χ0n) is 16.4. The maximum absolute atomic E-state index is 12.8. The molecule has 1 aromatic carbocycles. The Morgan fingerprint density at radius 3 is 2.70 bits per heavy atom. The van der Waals surface area contributed by atoms with Crippen LogP contribution in [-0.4, -0.2) is 41.9 Å². The van der Waals surface area contributed by atoms with Crippen LogP contribution < -0.4 is 0 Å². The summed E-state index contributed by atoms with van der Waals surface area (Å²) in [4.78, 5) is 14.7. The van der Waals surface area contributed by atoms with Gasteiger partial charge in [-0.25, -0.2) is 4.79 Å². The average molecular weight is 392 g/mol. The van der Waals surface area contributed by atoms with E-state index in [0.29, 0.717) is 52.0 Å². The quantitative estimate of drug-likeness (QED) is 0.674.